The molecule has 2 heterocycles. The molecule has 0 radical (unpaired) electrons. The molecule has 1 atom stereocenters. The van der Waals surface area contributed by atoms with E-state index in [1.165, 1.54) is 4.31 Å². The summed E-state index contributed by atoms with van der Waals surface area (Å²) in [5, 5.41) is 0. The molecule has 1 aromatic heterocycles. The van der Waals surface area contributed by atoms with Gasteiger partial charge in [-0.2, -0.15) is 17.4 Å². The Morgan fingerprint density at radius 3 is 3.00 bits per heavy atom. The number of hydrogen-bond donors (Lipinski definition) is 2. The van der Waals surface area contributed by atoms with E-state index in [1.807, 2.05) is 13.0 Å². The van der Waals surface area contributed by atoms with Crippen molar-refractivity contribution in [1.82, 2.24) is 14.0 Å². The van der Waals surface area contributed by atoms with Gasteiger partial charge in [-0.25, -0.2) is 0 Å². The predicted octanol–water partition coefficient (Wildman–Crippen LogP) is 0.538. The Morgan fingerprint density at radius 1 is 1.50 bits per heavy atom. The van der Waals surface area contributed by atoms with Crippen molar-refractivity contribution in [3.05, 3.63) is 29.6 Å². The number of nitrogens with zero attached hydrogens (tertiary/aromatic N) is 2. The van der Waals surface area contributed by atoms with Crippen LogP contribution in [0, 0.1) is 6.92 Å². The second-order valence-electron chi connectivity index (χ2n) is 5.12. The third-order valence-electron chi connectivity index (χ3n) is 3.74. The van der Waals surface area contributed by atoms with Gasteiger partial charge in [0.2, 0.25) is 0 Å². The van der Waals surface area contributed by atoms with Crippen molar-refractivity contribution in [1.29, 1.82) is 0 Å². The maximum atomic E-state index is 12.4. The molecular weight excluding hydrogens is 276 g/mol. The van der Waals surface area contributed by atoms with Crippen LogP contribution in [-0.4, -0.2) is 36.8 Å². The Kier molecular flexibility index (Phi) is 5.09. The third kappa shape index (κ3) is 3.54. The predicted molar refractivity (Wildman–Crippen MR) is 78.1 cm³/mol. The summed E-state index contributed by atoms with van der Waals surface area (Å²) in [4.78, 5) is 4.00. The molecule has 1 fully saturated rings. The Hall–Kier alpha value is -1.02. The van der Waals surface area contributed by atoms with Gasteiger partial charge in [0.1, 0.15) is 0 Å². The monoisotopic (exact) mass is 298 g/mol. The molecular formula is C13H22N4O2S. The highest BCUT2D eigenvalue weighted by atomic mass is 32.2. The van der Waals surface area contributed by atoms with E-state index < -0.39 is 10.2 Å². The lowest BCUT2D eigenvalue weighted by atomic mass is 10.1. The van der Waals surface area contributed by atoms with Gasteiger partial charge in [0.15, 0.2) is 0 Å². The highest BCUT2D eigenvalue weighted by Crippen LogP contribution is 2.19. The summed E-state index contributed by atoms with van der Waals surface area (Å²) in [5.41, 5.74) is 7.59. The molecule has 0 bridgehead atoms. The first-order chi connectivity index (χ1) is 9.54. The van der Waals surface area contributed by atoms with Crippen molar-refractivity contribution >= 4 is 10.2 Å². The van der Waals surface area contributed by atoms with Crippen molar-refractivity contribution in [2.75, 3.05) is 13.1 Å². The van der Waals surface area contributed by atoms with Crippen LogP contribution in [0.4, 0.5) is 0 Å². The highest BCUT2D eigenvalue weighted by molar-refractivity contribution is 7.87. The van der Waals surface area contributed by atoms with Gasteiger partial charge in [0.05, 0.1) is 0 Å². The van der Waals surface area contributed by atoms with Gasteiger partial charge in [-0.15, -0.1) is 0 Å². The average molecular weight is 298 g/mol. The first kappa shape index (κ1) is 15.4. The summed E-state index contributed by atoms with van der Waals surface area (Å²) in [6, 6.07) is 1.74. The normalized spacial score (nSPS) is 21.0. The molecule has 0 amide bonds. The lowest BCUT2D eigenvalue weighted by Gasteiger charge is -2.33. The molecule has 1 aromatic rings. The van der Waals surface area contributed by atoms with E-state index in [1.54, 1.807) is 12.4 Å². The molecule has 0 aliphatic carbocycles. The zero-order valence-corrected chi connectivity index (χ0v) is 12.6. The maximum Gasteiger partial charge on any atom is 0.280 e. The molecule has 20 heavy (non-hydrogen) atoms. The third-order valence-corrected chi connectivity index (χ3v) is 5.34. The number of hydrogen-bond acceptors (Lipinski definition) is 4. The standard InChI is InChI=1S/C13H22N4O2S/c1-11-9-15-6-5-12(11)10-16-20(18,19)17-7-3-2-4-13(17)8-14/h5-6,9,13,16H,2-4,7-8,10,14H2,1H3. The second-order valence-corrected chi connectivity index (χ2v) is 6.83. The van der Waals surface area contributed by atoms with Crippen molar-refractivity contribution < 1.29 is 8.42 Å². The number of aromatic nitrogens is 1. The minimum absolute atomic E-state index is 0.0835. The van der Waals surface area contributed by atoms with E-state index in [0.717, 1.165) is 30.4 Å². The van der Waals surface area contributed by atoms with Gasteiger partial charge < -0.3 is 5.73 Å². The van der Waals surface area contributed by atoms with Crippen LogP contribution in [0.5, 0.6) is 0 Å². The summed E-state index contributed by atoms with van der Waals surface area (Å²) in [5.74, 6) is 0. The quantitative estimate of drug-likeness (QED) is 0.830. The summed E-state index contributed by atoms with van der Waals surface area (Å²) >= 11 is 0. The lowest BCUT2D eigenvalue weighted by molar-refractivity contribution is 0.254. The minimum atomic E-state index is -3.48. The van der Waals surface area contributed by atoms with E-state index in [0.29, 0.717) is 13.1 Å². The van der Waals surface area contributed by atoms with Gasteiger partial charge in [-0.05, 0) is 37.0 Å². The molecule has 1 saturated heterocycles. The van der Waals surface area contributed by atoms with Crippen LogP contribution in [0.25, 0.3) is 0 Å². The Bertz CT molecular complexity index is 547. The number of piperidine rings is 1. The molecule has 0 saturated carbocycles. The molecule has 1 aliphatic heterocycles. The number of nitrogens with one attached hydrogen (secondary N) is 1. The number of rotatable bonds is 5. The Labute approximate surface area is 120 Å². The van der Waals surface area contributed by atoms with E-state index >= 15 is 0 Å². The summed E-state index contributed by atoms with van der Waals surface area (Å²) in [6.07, 6.45) is 6.17. The molecule has 7 heteroatoms. The van der Waals surface area contributed by atoms with E-state index in [2.05, 4.69) is 9.71 Å². The molecule has 0 spiro atoms. The first-order valence-corrected chi connectivity index (χ1v) is 8.34. The molecule has 3 N–H and O–H groups in total. The molecule has 6 nitrogen and oxygen atoms in total. The SMILES string of the molecule is Cc1cnccc1CNS(=O)(=O)N1CCCCC1CN. The average Bonchev–Trinajstić information content (AvgIpc) is 2.46. The van der Waals surface area contributed by atoms with Crippen molar-refractivity contribution in [2.45, 2.75) is 38.8 Å². The molecule has 2 rings (SSSR count). The zero-order chi connectivity index (χ0) is 14.6. The summed E-state index contributed by atoms with van der Waals surface area (Å²) in [7, 11) is -3.48. The lowest BCUT2D eigenvalue weighted by Crippen LogP contribution is -2.51. The van der Waals surface area contributed by atoms with Crippen molar-refractivity contribution in [3.8, 4) is 0 Å². The van der Waals surface area contributed by atoms with Crippen LogP contribution < -0.4 is 10.5 Å². The van der Waals surface area contributed by atoms with Crippen LogP contribution in [-0.2, 0) is 16.8 Å². The fourth-order valence-corrected chi connectivity index (χ4v) is 3.94. The van der Waals surface area contributed by atoms with Gasteiger partial charge in [-0.3, -0.25) is 4.98 Å². The largest absolute Gasteiger partial charge is 0.329 e. The van der Waals surface area contributed by atoms with Crippen LogP contribution in [0.3, 0.4) is 0 Å². The van der Waals surface area contributed by atoms with E-state index in [9.17, 15) is 8.42 Å². The topological polar surface area (TPSA) is 88.3 Å². The minimum Gasteiger partial charge on any atom is -0.329 e. The summed E-state index contributed by atoms with van der Waals surface area (Å²) < 4.78 is 28.9. The first-order valence-electron chi connectivity index (χ1n) is 6.90. The number of aryl methyl sites for hydroxylation is 1. The van der Waals surface area contributed by atoms with Crippen molar-refractivity contribution in [3.63, 3.8) is 0 Å². The molecule has 0 aromatic carbocycles. The van der Waals surface area contributed by atoms with E-state index in [-0.39, 0.29) is 12.6 Å². The Balaban J connectivity index is 2.05. The van der Waals surface area contributed by atoms with Gasteiger partial charge in [0.25, 0.3) is 10.2 Å². The smallest absolute Gasteiger partial charge is 0.280 e. The molecule has 112 valence electrons. The molecule has 1 aliphatic rings. The van der Waals surface area contributed by atoms with Gasteiger partial charge in [0, 0.05) is 38.1 Å². The second kappa shape index (κ2) is 6.62. The van der Waals surface area contributed by atoms with Crippen LogP contribution in [0.1, 0.15) is 30.4 Å². The van der Waals surface area contributed by atoms with E-state index in [4.69, 9.17) is 5.73 Å². The van der Waals surface area contributed by atoms with Gasteiger partial charge in [-0.1, -0.05) is 6.42 Å². The van der Waals surface area contributed by atoms with Crippen molar-refractivity contribution in [2.24, 2.45) is 5.73 Å². The molecule has 1 unspecified atom stereocenters. The fraction of sp³-hybridized carbons (Fsp3) is 0.615. The number of pyridine rings is 1. The van der Waals surface area contributed by atoms with Gasteiger partial charge >= 0.3 is 0 Å². The van der Waals surface area contributed by atoms with Crippen LogP contribution in [0.2, 0.25) is 0 Å². The highest BCUT2D eigenvalue weighted by Gasteiger charge is 2.31. The van der Waals surface area contributed by atoms with Crippen LogP contribution in [0.15, 0.2) is 18.5 Å². The fourth-order valence-electron chi connectivity index (χ4n) is 2.48. The summed E-state index contributed by atoms with van der Waals surface area (Å²) in [6.45, 7) is 3.12. The Morgan fingerprint density at radius 2 is 2.30 bits per heavy atom. The zero-order valence-electron chi connectivity index (χ0n) is 11.7. The van der Waals surface area contributed by atoms with Crippen LogP contribution >= 0.6 is 0 Å². The maximum absolute atomic E-state index is 12.4. The number of nitrogens with two attached hydrogens (primary N) is 1.